The number of anilines is 1. The monoisotopic (exact) mass is 359 g/mol. The normalized spacial score (nSPS) is 14.2. The summed E-state index contributed by atoms with van der Waals surface area (Å²) in [5, 5.41) is 2.84. The van der Waals surface area contributed by atoms with Crippen molar-refractivity contribution in [2.45, 2.75) is 46.0 Å². The van der Waals surface area contributed by atoms with Crippen LogP contribution >= 0.6 is 0 Å². The second kappa shape index (κ2) is 9.94. The second-order valence-electron chi connectivity index (χ2n) is 6.74. The third-order valence-corrected chi connectivity index (χ3v) is 4.70. The maximum absolute atomic E-state index is 12.2. The molecule has 0 aliphatic carbocycles. The molecule has 0 saturated carbocycles. The molecule has 6 heteroatoms. The Morgan fingerprint density at radius 1 is 0.962 bits per heavy atom. The molecule has 1 fully saturated rings. The van der Waals surface area contributed by atoms with E-state index >= 15 is 0 Å². The standard InChI is InChI=1S/C20H29N3O3/c1-3-4-5-17-6-8-18(9-7-17)21-19(25)10-11-20(26)23-14-12-22(13-15-23)16(2)24/h6-9H,3-5,10-15H2,1-2H3,(H,21,25). The molecule has 0 atom stereocenters. The highest BCUT2D eigenvalue weighted by Gasteiger charge is 2.22. The Morgan fingerprint density at radius 3 is 2.15 bits per heavy atom. The molecular formula is C20H29N3O3. The fourth-order valence-corrected chi connectivity index (χ4v) is 3.01. The topological polar surface area (TPSA) is 69.7 Å². The Bertz CT molecular complexity index is 620. The fraction of sp³-hybridized carbons (Fsp3) is 0.550. The molecule has 0 spiro atoms. The summed E-state index contributed by atoms with van der Waals surface area (Å²) in [5.74, 6) is -0.141. The summed E-state index contributed by atoms with van der Waals surface area (Å²) in [6.07, 6.45) is 3.74. The van der Waals surface area contributed by atoms with Crippen molar-refractivity contribution >= 4 is 23.4 Å². The SMILES string of the molecule is CCCCc1ccc(NC(=O)CCC(=O)N2CCN(C(C)=O)CC2)cc1. The predicted molar refractivity (Wildman–Crippen MR) is 102 cm³/mol. The fourth-order valence-electron chi connectivity index (χ4n) is 3.01. The first-order valence-electron chi connectivity index (χ1n) is 9.41. The van der Waals surface area contributed by atoms with Gasteiger partial charge in [-0.2, -0.15) is 0 Å². The van der Waals surface area contributed by atoms with E-state index in [-0.39, 0.29) is 30.6 Å². The Morgan fingerprint density at radius 2 is 1.58 bits per heavy atom. The van der Waals surface area contributed by atoms with Crippen molar-refractivity contribution in [3.8, 4) is 0 Å². The van der Waals surface area contributed by atoms with Crippen LogP contribution in [0.3, 0.4) is 0 Å². The van der Waals surface area contributed by atoms with Crippen LogP contribution in [0.2, 0.25) is 0 Å². The van der Waals surface area contributed by atoms with Gasteiger partial charge in [-0.3, -0.25) is 14.4 Å². The lowest BCUT2D eigenvalue weighted by Crippen LogP contribution is -2.50. The molecule has 6 nitrogen and oxygen atoms in total. The zero-order chi connectivity index (χ0) is 18.9. The molecule has 1 N–H and O–H groups in total. The van der Waals surface area contributed by atoms with E-state index in [1.165, 1.54) is 12.5 Å². The zero-order valence-corrected chi connectivity index (χ0v) is 15.8. The number of hydrogen-bond donors (Lipinski definition) is 1. The molecule has 1 aromatic rings. The highest BCUT2D eigenvalue weighted by atomic mass is 16.2. The van der Waals surface area contributed by atoms with Gasteiger partial charge in [-0.15, -0.1) is 0 Å². The van der Waals surface area contributed by atoms with Crippen LogP contribution in [0.4, 0.5) is 5.69 Å². The minimum atomic E-state index is -0.151. The van der Waals surface area contributed by atoms with Gasteiger partial charge in [-0.25, -0.2) is 0 Å². The molecular weight excluding hydrogens is 330 g/mol. The van der Waals surface area contributed by atoms with E-state index in [4.69, 9.17) is 0 Å². The summed E-state index contributed by atoms with van der Waals surface area (Å²) in [5.41, 5.74) is 2.03. The summed E-state index contributed by atoms with van der Waals surface area (Å²) in [4.78, 5) is 39.1. The van der Waals surface area contributed by atoms with Crippen molar-refractivity contribution in [3.63, 3.8) is 0 Å². The third kappa shape index (κ3) is 6.17. The molecule has 3 amide bonds. The van der Waals surface area contributed by atoms with Crippen molar-refractivity contribution in [3.05, 3.63) is 29.8 Å². The first kappa shape index (κ1) is 19.9. The van der Waals surface area contributed by atoms with Crippen LogP contribution in [0, 0.1) is 0 Å². The molecule has 1 saturated heterocycles. The maximum Gasteiger partial charge on any atom is 0.224 e. The number of unbranched alkanes of at least 4 members (excludes halogenated alkanes) is 1. The summed E-state index contributed by atoms with van der Waals surface area (Å²) < 4.78 is 0. The summed E-state index contributed by atoms with van der Waals surface area (Å²) in [7, 11) is 0. The van der Waals surface area contributed by atoms with Gasteiger partial charge in [0, 0.05) is 51.6 Å². The van der Waals surface area contributed by atoms with Crippen molar-refractivity contribution in [2.24, 2.45) is 0 Å². The number of carbonyl (C=O) groups is 3. The van der Waals surface area contributed by atoms with E-state index in [0.717, 1.165) is 24.9 Å². The van der Waals surface area contributed by atoms with Crippen LogP contribution in [0.15, 0.2) is 24.3 Å². The van der Waals surface area contributed by atoms with Crippen molar-refractivity contribution in [1.29, 1.82) is 0 Å². The minimum absolute atomic E-state index is 0.0294. The third-order valence-electron chi connectivity index (χ3n) is 4.70. The van der Waals surface area contributed by atoms with Gasteiger partial charge < -0.3 is 15.1 Å². The highest BCUT2D eigenvalue weighted by molar-refractivity contribution is 5.93. The average Bonchev–Trinajstić information content (AvgIpc) is 2.65. The van der Waals surface area contributed by atoms with Gasteiger partial charge in [0.05, 0.1) is 0 Å². The van der Waals surface area contributed by atoms with Crippen molar-refractivity contribution < 1.29 is 14.4 Å². The first-order valence-corrected chi connectivity index (χ1v) is 9.41. The van der Waals surface area contributed by atoms with Crippen LogP contribution in [0.5, 0.6) is 0 Å². The van der Waals surface area contributed by atoms with E-state index in [1.54, 1.807) is 9.80 Å². The molecule has 142 valence electrons. The van der Waals surface area contributed by atoms with Crippen LogP contribution in [-0.4, -0.2) is 53.7 Å². The number of aryl methyl sites for hydroxylation is 1. The Kier molecular flexibility index (Phi) is 7.63. The molecule has 0 unspecified atom stereocenters. The number of hydrogen-bond acceptors (Lipinski definition) is 3. The number of piperazine rings is 1. The molecule has 1 aromatic carbocycles. The molecule has 0 aromatic heterocycles. The molecule has 0 bridgehead atoms. The Hall–Kier alpha value is -2.37. The quantitative estimate of drug-likeness (QED) is 0.813. The number of amides is 3. The van der Waals surface area contributed by atoms with Gasteiger partial charge in [0.25, 0.3) is 0 Å². The molecule has 1 heterocycles. The average molecular weight is 359 g/mol. The van der Waals surface area contributed by atoms with Gasteiger partial charge in [-0.05, 0) is 30.5 Å². The van der Waals surface area contributed by atoms with E-state index in [0.29, 0.717) is 26.2 Å². The molecule has 26 heavy (non-hydrogen) atoms. The predicted octanol–water partition coefficient (Wildman–Crippen LogP) is 2.44. The van der Waals surface area contributed by atoms with Crippen LogP contribution in [-0.2, 0) is 20.8 Å². The number of nitrogens with one attached hydrogen (secondary N) is 1. The lowest BCUT2D eigenvalue weighted by atomic mass is 10.1. The largest absolute Gasteiger partial charge is 0.339 e. The minimum Gasteiger partial charge on any atom is -0.339 e. The second-order valence-corrected chi connectivity index (χ2v) is 6.74. The smallest absolute Gasteiger partial charge is 0.224 e. The lowest BCUT2D eigenvalue weighted by Gasteiger charge is -2.34. The number of rotatable bonds is 7. The van der Waals surface area contributed by atoms with E-state index in [2.05, 4.69) is 12.2 Å². The molecule has 0 radical (unpaired) electrons. The van der Waals surface area contributed by atoms with E-state index < -0.39 is 0 Å². The lowest BCUT2D eigenvalue weighted by molar-refractivity contribution is -0.138. The number of carbonyl (C=O) groups excluding carboxylic acids is 3. The summed E-state index contributed by atoms with van der Waals surface area (Å²) in [6, 6.07) is 7.88. The van der Waals surface area contributed by atoms with Gasteiger partial charge >= 0.3 is 0 Å². The van der Waals surface area contributed by atoms with Crippen molar-refractivity contribution in [2.75, 3.05) is 31.5 Å². The van der Waals surface area contributed by atoms with Gasteiger partial charge in [0.2, 0.25) is 17.7 Å². The molecule has 1 aliphatic rings. The zero-order valence-electron chi connectivity index (χ0n) is 15.8. The number of benzene rings is 1. The van der Waals surface area contributed by atoms with Gasteiger partial charge in [0.1, 0.15) is 0 Å². The first-order chi connectivity index (χ1) is 12.5. The Balaban J connectivity index is 1.71. The van der Waals surface area contributed by atoms with Crippen LogP contribution < -0.4 is 5.32 Å². The number of nitrogens with zero attached hydrogens (tertiary/aromatic N) is 2. The van der Waals surface area contributed by atoms with Crippen LogP contribution in [0.25, 0.3) is 0 Å². The maximum atomic E-state index is 12.2. The Labute approximate surface area is 155 Å². The van der Waals surface area contributed by atoms with E-state index in [1.807, 2.05) is 24.3 Å². The van der Waals surface area contributed by atoms with Crippen LogP contribution in [0.1, 0.15) is 45.1 Å². The van der Waals surface area contributed by atoms with Gasteiger partial charge in [0.15, 0.2) is 0 Å². The van der Waals surface area contributed by atoms with E-state index in [9.17, 15) is 14.4 Å². The van der Waals surface area contributed by atoms with Gasteiger partial charge in [-0.1, -0.05) is 25.5 Å². The molecule has 1 aliphatic heterocycles. The van der Waals surface area contributed by atoms with Crippen molar-refractivity contribution in [1.82, 2.24) is 9.80 Å². The summed E-state index contributed by atoms with van der Waals surface area (Å²) in [6.45, 7) is 5.92. The molecule has 2 rings (SSSR count). The highest BCUT2D eigenvalue weighted by Crippen LogP contribution is 2.13. The summed E-state index contributed by atoms with van der Waals surface area (Å²) >= 11 is 0.